The molecule has 0 unspecified atom stereocenters. The Kier molecular flexibility index (Phi) is 9.91. The van der Waals surface area contributed by atoms with E-state index in [2.05, 4.69) is 5.32 Å². The van der Waals surface area contributed by atoms with Gasteiger partial charge in [-0.1, -0.05) is 70.7 Å². The number of hydrogen-bond donors (Lipinski definition) is 1. The van der Waals surface area contributed by atoms with E-state index < -0.39 is 0 Å². The van der Waals surface area contributed by atoms with Crippen LogP contribution in [0.25, 0.3) is 0 Å². The van der Waals surface area contributed by atoms with Crippen LogP contribution < -0.4 is 10.1 Å². The van der Waals surface area contributed by atoms with Crippen LogP contribution in [0.1, 0.15) is 16.7 Å². The van der Waals surface area contributed by atoms with Gasteiger partial charge < -0.3 is 10.1 Å². The molecule has 0 fully saturated rings. The van der Waals surface area contributed by atoms with Crippen molar-refractivity contribution in [3.63, 3.8) is 0 Å². The van der Waals surface area contributed by atoms with Gasteiger partial charge in [0.1, 0.15) is 12.4 Å². The molecular formula is C22H20Cl5NO. The van der Waals surface area contributed by atoms with Crippen molar-refractivity contribution < 1.29 is 4.74 Å². The second-order valence-corrected chi connectivity index (χ2v) is 8.02. The second kappa shape index (κ2) is 11.9. The Hall–Kier alpha value is -1.13. The van der Waals surface area contributed by atoms with Crippen molar-refractivity contribution in [2.24, 2.45) is 0 Å². The number of rotatable bonds is 8. The fourth-order valence-electron chi connectivity index (χ4n) is 2.68. The third kappa shape index (κ3) is 7.57. The SMILES string of the molecule is Cl.Clc1ccc(CCNCc2ccc(OCc3ccc(Cl)cc3Cl)cc2)c(Cl)c1. The summed E-state index contributed by atoms with van der Waals surface area (Å²) in [6.07, 6.45) is 0.846. The van der Waals surface area contributed by atoms with Crippen molar-refractivity contribution in [3.05, 3.63) is 97.4 Å². The van der Waals surface area contributed by atoms with Gasteiger partial charge in [-0.15, -0.1) is 12.4 Å². The number of ether oxygens (including phenoxy) is 1. The van der Waals surface area contributed by atoms with Crippen molar-refractivity contribution in [2.75, 3.05) is 6.54 Å². The molecule has 0 aliphatic carbocycles. The van der Waals surface area contributed by atoms with Crippen molar-refractivity contribution in [3.8, 4) is 5.75 Å². The van der Waals surface area contributed by atoms with Crippen LogP contribution in [0.3, 0.4) is 0 Å². The Morgan fingerprint density at radius 3 is 1.90 bits per heavy atom. The largest absolute Gasteiger partial charge is 0.489 e. The molecule has 3 aromatic rings. The van der Waals surface area contributed by atoms with Gasteiger partial charge in [0, 0.05) is 32.2 Å². The maximum atomic E-state index is 6.19. The Balaban J connectivity index is 0.00000300. The lowest BCUT2D eigenvalue weighted by atomic mass is 10.1. The molecule has 29 heavy (non-hydrogen) atoms. The van der Waals surface area contributed by atoms with Gasteiger partial charge in [0.25, 0.3) is 0 Å². The van der Waals surface area contributed by atoms with E-state index >= 15 is 0 Å². The first-order valence-electron chi connectivity index (χ1n) is 8.81. The maximum absolute atomic E-state index is 6.19. The van der Waals surface area contributed by atoms with Crippen LogP contribution in [0, 0.1) is 0 Å². The molecule has 3 rings (SSSR count). The number of benzene rings is 3. The zero-order chi connectivity index (χ0) is 19.9. The zero-order valence-electron chi connectivity index (χ0n) is 15.4. The predicted molar refractivity (Wildman–Crippen MR) is 126 cm³/mol. The highest BCUT2D eigenvalue weighted by Crippen LogP contribution is 2.23. The van der Waals surface area contributed by atoms with Crippen molar-refractivity contribution in [2.45, 2.75) is 19.6 Å². The summed E-state index contributed by atoms with van der Waals surface area (Å²) in [5, 5.41) is 6.00. The molecule has 0 aromatic heterocycles. The van der Waals surface area contributed by atoms with E-state index in [1.54, 1.807) is 18.2 Å². The molecule has 1 N–H and O–H groups in total. The molecule has 0 amide bonds. The van der Waals surface area contributed by atoms with Gasteiger partial charge in [-0.25, -0.2) is 0 Å². The average molecular weight is 492 g/mol. The molecule has 0 heterocycles. The summed E-state index contributed by atoms with van der Waals surface area (Å²) in [5.74, 6) is 0.794. The fraction of sp³-hybridized carbons (Fsp3) is 0.182. The molecule has 0 bridgehead atoms. The van der Waals surface area contributed by atoms with Gasteiger partial charge in [0.05, 0.1) is 0 Å². The summed E-state index contributed by atoms with van der Waals surface area (Å²) in [6, 6.07) is 19.0. The molecule has 0 radical (unpaired) electrons. The molecule has 7 heteroatoms. The van der Waals surface area contributed by atoms with Gasteiger partial charge in [-0.05, 0) is 60.5 Å². The minimum absolute atomic E-state index is 0. The molecule has 0 aliphatic rings. The van der Waals surface area contributed by atoms with E-state index in [0.717, 1.165) is 36.4 Å². The summed E-state index contributed by atoms with van der Waals surface area (Å²) in [7, 11) is 0. The topological polar surface area (TPSA) is 21.3 Å². The summed E-state index contributed by atoms with van der Waals surface area (Å²) >= 11 is 24.2. The number of halogens is 5. The summed E-state index contributed by atoms with van der Waals surface area (Å²) in [6.45, 7) is 2.00. The quantitative estimate of drug-likeness (QED) is 0.327. The van der Waals surface area contributed by atoms with Crippen LogP contribution in [-0.2, 0) is 19.6 Å². The highest BCUT2D eigenvalue weighted by atomic mass is 35.5. The predicted octanol–water partition coefficient (Wildman–Crippen LogP) is 7.63. The fourth-order valence-corrected chi connectivity index (χ4v) is 3.65. The van der Waals surface area contributed by atoms with Crippen LogP contribution in [0.5, 0.6) is 5.75 Å². The minimum atomic E-state index is 0. The molecular weight excluding hydrogens is 472 g/mol. The van der Waals surface area contributed by atoms with E-state index in [1.807, 2.05) is 42.5 Å². The molecule has 0 atom stereocenters. The molecule has 154 valence electrons. The van der Waals surface area contributed by atoms with E-state index in [9.17, 15) is 0 Å². The van der Waals surface area contributed by atoms with Crippen LogP contribution in [0.2, 0.25) is 20.1 Å². The van der Waals surface area contributed by atoms with Gasteiger partial charge in [0.2, 0.25) is 0 Å². The first-order valence-corrected chi connectivity index (χ1v) is 10.3. The standard InChI is InChI=1S/C22H19Cl4NO.ClH/c23-18-5-3-16(21(25)11-18)9-10-27-13-15-1-7-20(8-2-15)28-14-17-4-6-19(24)12-22(17)26;/h1-8,11-12,27H,9-10,13-14H2;1H. The second-order valence-electron chi connectivity index (χ2n) is 6.33. The highest BCUT2D eigenvalue weighted by Gasteiger charge is 2.04. The summed E-state index contributed by atoms with van der Waals surface area (Å²) in [4.78, 5) is 0. The molecule has 3 aromatic carbocycles. The third-order valence-electron chi connectivity index (χ3n) is 4.25. The van der Waals surface area contributed by atoms with Gasteiger partial charge in [-0.3, -0.25) is 0 Å². The van der Waals surface area contributed by atoms with Crippen LogP contribution in [0.15, 0.2) is 60.7 Å². The highest BCUT2D eigenvalue weighted by molar-refractivity contribution is 6.35. The van der Waals surface area contributed by atoms with E-state index in [1.165, 1.54) is 5.56 Å². The Morgan fingerprint density at radius 2 is 1.31 bits per heavy atom. The normalized spacial score (nSPS) is 10.5. The summed E-state index contributed by atoms with van der Waals surface area (Å²) in [5.41, 5.74) is 3.17. The first-order chi connectivity index (χ1) is 13.5. The Labute approximate surface area is 197 Å². The lowest BCUT2D eigenvalue weighted by Crippen LogP contribution is -2.16. The lowest BCUT2D eigenvalue weighted by molar-refractivity contribution is 0.306. The van der Waals surface area contributed by atoms with E-state index in [4.69, 9.17) is 51.1 Å². The number of hydrogen-bond acceptors (Lipinski definition) is 2. The molecule has 2 nitrogen and oxygen atoms in total. The van der Waals surface area contributed by atoms with E-state index in [0.29, 0.717) is 26.7 Å². The van der Waals surface area contributed by atoms with Gasteiger partial charge >= 0.3 is 0 Å². The van der Waals surface area contributed by atoms with Crippen molar-refractivity contribution in [1.82, 2.24) is 5.32 Å². The van der Waals surface area contributed by atoms with Crippen LogP contribution in [0.4, 0.5) is 0 Å². The van der Waals surface area contributed by atoms with Gasteiger partial charge in [0.15, 0.2) is 0 Å². The first kappa shape index (κ1) is 24.1. The van der Waals surface area contributed by atoms with Gasteiger partial charge in [-0.2, -0.15) is 0 Å². The Bertz CT molecular complexity index is 931. The summed E-state index contributed by atoms with van der Waals surface area (Å²) < 4.78 is 5.80. The van der Waals surface area contributed by atoms with Crippen LogP contribution >= 0.6 is 58.8 Å². The lowest BCUT2D eigenvalue weighted by Gasteiger charge is -2.10. The average Bonchev–Trinajstić information content (AvgIpc) is 2.67. The number of nitrogens with one attached hydrogen (secondary N) is 1. The monoisotopic (exact) mass is 489 g/mol. The molecule has 0 saturated heterocycles. The Morgan fingerprint density at radius 1 is 0.724 bits per heavy atom. The maximum Gasteiger partial charge on any atom is 0.119 e. The molecule has 0 spiro atoms. The molecule has 0 saturated carbocycles. The third-order valence-corrected chi connectivity index (χ3v) is 5.42. The minimum Gasteiger partial charge on any atom is -0.489 e. The zero-order valence-corrected chi connectivity index (χ0v) is 19.3. The van der Waals surface area contributed by atoms with Crippen LogP contribution in [-0.4, -0.2) is 6.54 Å². The molecule has 0 aliphatic heterocycles. The van der Waals surface area contributed by atoms with Crippen molar-refractivity contribution >= 4 is 58.8 Å². The van der Waals surface area contributed by atoms with Crippen molar-refractivity contribution in [1.29, 1.82) is 0 Å². The smallest absolute Gasteiger partial charge is 0.119 e. The van der Waals surface area contributed by atoms with E-state index in [-0.39, 0.29) is 12.4 Å².